The number of hydrogen-bond acceptors (Lipinski definition) is 8. The van der Waals surface area contributed by atoms with E-state index in [0.29, 0.717) is 42.3 Å². The number of para-hydroxylation sites is 1. The second kappa shape index (κ2) is 22.9. The third-order valence-electron chi connectivity index (χ3n) is 18.6. The number of carbonyl (C=O) groups excluding carboxylic acids is 1. The molecule has 4 aromatic rings. The Morgan fingerprint density at radius 3 is 1.91 bits per heavy atom. The number of hydrogen-bond donors (Lipinski definition) is 0. The quantitative estimate of drug-likeness (QED) is 0.0717. The van der Waals surface area contributed by atoms with Crippen molar-refractivity contribution in [1.82, 2.24) is 0 Å². The maximum absolute atomic E-state index is 15.8. The summed E-state index contributed by atoms with van der Waals surface area (Å²) in [6.07, 6.45) is 0.490. The van der Waals surface area contributed by atoms with Crippen LogP contribution < -0.4 is 9.33 Å². The molecular formula is C62H90FNO8SSi2. The summed E-state index contributed by atoms with van der Waals surface area (Å²) >= 11 is 0. The van der Waals surface area contributed by atoms with Crippen LogP contribution in [0.3, 0.4) is 0 Å². The number of ether oxygens (including phenoxy) is 3. The van der Waals surface area contributed by atoms with Crippen LogP contribution in [0.1, 0.15) is 139 Å². The van der Waals surface area contributed by atoms with Crippen LogP contribution in [0.2, 0.25) is 36.3 Å². The van der Waals surface area contributed by atoms with Crippen molar-refractivity contribution in [1.29, 1.82) is 0 Å². The zero-order valence-corrected chi connectivity index (χ0v) is 51.1. The lowest BCUT2D eigenvalue weighted by atomic mass is 9.77. The molecule has 4 aromatic carbocycles. The second-order valence-electron chi connectivity index (χ2n) is 25.5. The van der Waals surface area contributed by atoms with Gasteiger partial charge >= 0.3 is 0 Å². The maximum atomic E-state index is 15.8. The topological polar surface area (TPSA) is 101 Å². The van der Waals surface area contributed by atoms with Gasteiger partial charge in [-0.25, -0.2) is 12.8 Å². The van der Waals surface area contributed by atoms with Crippen LogP contribution in [0.5, 0.6) is 5.75 Å². The molecule has 1 amide bonds. The second-order valence-corrected chi connectivity index (χ2v) is 37.0. The van der Waals surface area contributed by atoms with Crippen LogP contribution >= 0.6 is 0 Å². The van der Waals surface area contributed by atoms with Crippen molar-refractivity contribution in [2.45, 2.75) is 200 Å². The molecule has 0 saturated carbocycles. The molecule has 0 spiro atoms. The maximum Gasteiger partial charge on any atom is 0.250 e. The minimum atomic E-state index is -4.14. The molecule has 13 atom stereocenters. The molecule has 0 radical (unpaired) electrons. The summed E-state index contributed by atoms with van der Waals surface area (Å²) in [5.74, 6) is 0.298. The monoisotopic (exact) mass is 1080 g/mol. The lowest BCUT2D eigenvalue weighted by molar-refractivity contribution is -0.299. The van der Waals surface area contributed by atoms with Crippen molar-refractivity contribution in [2.24, 2.45) is 35.5 Å². The van der Waals surface area contributed by atoms with Crippen molar-refractivity contribution in [3.8, 4) is 16.9 Å². The van der Waals surface area contributed by atoms with Gasteiger partial charge < -0.3 is 28.0 Å². The number of rotatable bonds is 18. The Bertz CT molecular complexity index is 2680. The highest BCUT2D eigenvalue weighted by Gasteiger charge is 2.52. The molecular weight excluding hydrogens is 994 g/mol. The first-order valence-electron chi connectivity index (χ1n) is 27.9. The number of benzene rings is 4. The van der Waals surface area contributed by atoms with Gasteiger partial charge in [0, 0.05) is 11.6 Å². The predicted molar refractivity (Wildman–Crippen MR) is 307 cm³/mol. The van der Waals surface area contributed by atoms with E-state index >= 15 is 8.42 Å². The molecule has 0 N–H and O–H groups in total. The van der Waals surface area contributed by atoms with Crippen molar-refractivity contribution in [3.05, 3.63) is 114 Å². The van der Waals surface area contributed by atoms with E-state index in [4.69, 9.17) is 23.1 Å². The third-order valence-corrected chi connectivity index (χ3v) is 29.2. The van der Waals surface area contributed by atoms with Crippen LogP contribution in [-0.2, 0) is 33.3 Å². The number of halogens is 1. The van der Waals surface area contributed by atoms with Crippen molar-refractivity contribution in [3.63, 3.8) is 0 Å². The minimum Gasteiger partial charge on any atom is -0.543 e. The van der Waals surface area contributed by atoms with E-state index in [1.807, 2.05) is 72.8 Å². The zero-order chi connectivity index (χ0) is 55.2. The van der Waals surface area contributed by atoms with E-state index in [-0.39, 0.29) is 74.8 Å². The number of sulfone groups is 1. The Balaban J connectivity index is 1.29. The first-order chi connectivity index (χ1) is 35.0. The summed E-state index contributed by atoms with van der Waals surface area (Å²) in [5, 5.41) is -0.133. The van der Waals surface area contributed by atoms with Crippen molar-refractivity contribution < 1.29 is 40.7 Å². The SMILES string of the molecule is CCC1O[C@@H](O[C@@H]2C(CC)O[C@@H](CS(=O)(=O)c3cc(-c4cccc(O[Si](C)(C)C(C)(C)C)c4)ccc3[C@@H]3[C@@H](CC[C@H](O[Si](C)(C)C(C)(C)C)c4ccc(F)cc4)C(=O)N3c3ccccc3)C(C)[C@H]2C)C(C)[C@@H](C)[C@@H]1C. The molecule has 0 bridgehead atoms. The number of β-lactam (4-membered cyclic amide) rings is 1. The first-order valence-corrected chi connectivity index (χ1v) is 35.4. The summed E-state index contributed by atoms with van der Waals surface area (Å²) in [5.41, 5.74) is 3.66. The van der Waals surface area contributed by atoms with Crippen molar-refractivity contribution >= 4 is 38.1 Å². The Morgan fingerprint density at radius 1 is 0.680 bits per heavy atom. The molecule has 0 aliphatic carbocycles. The summed E-state index contributed by atoms with van der Waals surface area (Å²) in [7, 11) is -8.72. The summed E-state index contributed by atoms with van der Waals surface area (Å²) in [6.45, 7) is 37.3. The highest BCUT2D eigenvalue weighted by atomic mass is 32.2. The van der Waals surface area contributed by atoms with Crippen LogP contribution in [0.25, 0.3) is 11.1 Å². The fraction of sp³-hybridized carbons (Fsp3) is 0.597. The average Bonchev–Trinajstić information content (AvgIpc) is 3.34. The highest BCUT2D eigenvalue weighted by Crippen LogP contribution is 2.51. The highest BCUT2D eigenvalue weighted by molar-refractivity contribution is 7.91. The third kappa shape index (κ3) is 12.6. The van der Waals surface area contributed by atoms with E-state index in [2.05, 4.69) is 116 Å². The van der Waals surface area contributed by atoms with E-state index < -0.39 is 50.6 Å². The zero-order valence-electron chi connectivity index (χ0n) is 48.3. The van der Waals surface area contributed by atoms with Gasteiger partial charge in [-0.05, 0) is 150 Å². The molecule has 3 fully saturated rings. The lowest BCUT2D eigenvalue weighted by Crippen LogP contribution is -2.56. The normalized spacial score (nSPS) is 28.5. The molecule has 3 aliphatic heterocycles. The van der Waals surface area contributed by atoms with E-state index in [1.165, 1.54) is 12.1 Å². The molecule has 3 saturated heterocycles. The Kier molecular flexibility index (Phi) is 18.0. The molecule has 7 rings (SSSR count). The van der Waals surface area contributed by atoms with Crippen LogP contribution in [0.4, 0.5) is 10.1 Å². The number of anilines is 1. The standard InChI is InChI=1S/C62H90FNO8SSi2/c1-18-52-40(4)39(3)43(7)60(69-52)70-58-42(6)41(5)55(68-53(58)19-2)38-73(66,67)56-37-46(45-24-23-27-49(36-45)71-74(14,15)61(8,9)10)30-33-50(56)57-51(59(65)64(57)48-25-21-20-22-26-48)34-35-54(44-28-31-47(63)32-29-44)72-75(16,17)62(11,12)13/h20-33,36-37,39-43,51-55,57-58,60H,18-19,34-35,38H2,1-17H3/t39-,40-,41?,42+,43?,51+,52?,53?,54-,55-,57+,58-,60-/m0/s1. The lowest BCUT2D eigenvalue weighted by Gasteiger charge is -2.49. The first kappa shape index (κ1) is 59.0. The van der Waals surface area contributed by atoms with Crippen LogP contribution in [0.15, 0.2) is 102 Å². The predicted octanol–water partition coefficient (Wildman–Crippen LogP) is 15.8. The van der Waals surface area contributed by atoms with Gasteiger partial charge in [0.25, 0.3) is 0 Å². The fourth-order valence-corrected chi connectivity index (χ4v) is 15.2. The van der Waals surface area contributed by atoms with E-state index in [0.717, 1.165) is 28.9 Å². The summed E-state index contributed by atoms with van der Waals surface area (Å²) in [6, 6.07) is 29.1. The number of amides is 1. The molecule has 9 nitrogen and oxygen atoms in total. The van der Waals surface area contributed by atoms with Gasteiger partial charge in [-0.15, -0.1) is 0 Å². The molecule has 75 heavy (non-hydrogen) atoms. The largest absolute Gasteiger partial charge is 0.543 e. The van der Waals surface area contributed by atoms with Crippen LogP contribution in [-0.4, -0.2) is 67.4 Å². The Morgan fingerprint density at radius 2 is 1.29 bits per heavy atom. The number of carbonyl (C=O) groups is 1. The van der Waals surface area contributed by atoms with Gasteiger partial charge in [-0.1, -0.05) is 145 Å². The number of nitrogens with zero attached hydrogens (tertiary/aromatic N) is 1. The van der Waals surface area contributed by atoms with Gasteiger partial charge in [-0.3, -0.25) is 4.79 Å². The van der Waals surface area contributed by atoms with E-state index in [1.54, 1.807) is 17.0 Å². The molecule has 412 valence electrons. The molecule has 0 aromatic heterocycles. The summed E-state index contributed by atoms with van der Waals surface area (Å²) < 4.78 is 80.4. The van der Waals surface area contributed by atoms with Crippen LogP contribution in [0, 0.1) is 41.3 Å². The smallest absolute Gasteiger partial charge is 0.250 e. The van der Waals surface area contributed by atoms with Gasteiger partial charge in [0.15, 0.2) is 24.4 Å². The van der Waals surface area contributed by atoms with Gasteiger partial charge in [0.1, 0.15) is 11.6 Å². The minimum absolute atomic E-state index is 0.0284. The van der Waals surface area contributed by atoms with Crippen molar-refractivity contribution in [2.75, 3.05) is 10.7 Å². The Hall–Kier alpha value is -3.70. The molecule has 13 heteroatoms. The van der Waals surface area contributed by atoms with Gasteiger partial charge in [-0.2, -0.15) is 0 Å². The van der Waals surface area contributed by atoms with E-state index in [9.17, 15) is 9.18 Å². The van der Waals surface area contributed by atoms with Gasteiger partial charge in [0.05, 0.1) is 53.1 Å². The molecule has 3 heterocycles. The molecule has 3 aliphatic rings. The van der Waals surface area contributed by atoms with Gasteiger partial charge in [0.2, 0.25) is 14.2 Å². The average molecular weight is 1080 g/mol. The fourth-order valence-electron chi connectivity index (χ4n) is 11.0. The summed E-state index contributed by atoms with van der Waals surface area (Å²) in [4.78, 5) is 16.8. The Labute approximate surface area is 453 Å². The molecule has 4 unspecified atom stereocenters.